The monoisotopic (exact) mass is 383 g/mol. The van der Waals surface area contributed by atoms with Crippen molar-refractivity contribution in [1.82, 2.24) is 14.5 Å². The molecule has 5 nitrogen and oxygen atoms in total. The van der Waals surface area contributed by atoms with E-state index < -0.39 is 6.04 Å². The fraction of sp³-hybridized carbons (Fsp3) is 0.286. The number of halogens is 1. The Kier molecular flexibility index (Phi) is 5.61. The molecule has 0 N–H and O–H groups in total. The third kappa shape index (κ3) is 3.47. The van der Waals surface area contributed by atoms with E-state index in [9.17, 15) is 9.59 Å². The molecule has 0 saturated heterocycles. The molecular formula is C21H22ClN3O2. The molecule has 0 fully saturated rings. The molecule has 1 aromatic heterocycles. The highest BCUT2D eigenvalue weighted by Gasteiger charge is 2.24. The van der Waals surface area contributed by atoms with Crippen molar-refractivity contribution in [2.45, 2.75) is 26.3 Å². The van der Waals surface area contributed by atoms with Gasteiger partial charge < -0.3 is 4.90 Å². The number of carbonyl (C=O) groups is 1. The van der Waals surface area contributed by atoms with Crippen LogP contribution in [0.3, 0.4) is 0 Å². The van der Waals surface area contributed by atoms with Crippen LogP contribution in [0.4, 0.5) is 0 Å². The SMILES string of the molecule is CCc1ccccc1-n1c(C(C)N(C)C(=O)CCl)nc2ccccc2c1=O. The van der Waals surface area contributed by atoms with E-state index in [0.717, 1.165) is 17.7 Å². The molecule has 6 heteroatoms. The number of hydrogen-bond donors (Lipinski definition) is 0. The molecule has 0 bridgehead atoms. The Morgan fingerprint density at radius 3 is 2.56 bits per heavy atom. The topological polar surface area (TPSA) is 55.2 Å². The van der Waals surface area contributed by atoms with Gasteiger partial charge in [0.15, 0.2) is 0 Å². The van der Waals surface area contributed by atoms with Gasteiger partial charge in [0.1, 0.15) is 11.7 Å². The van der Waals surface area contributed by atoms with E-state index in [1.165, 1.54) is 4.90 Å². The van der Waals surface area contributed by atoms with Gasteiger partial charge in [0, 0.05) is 7.05 Å². The molecule has 0 saturated carbocycles. The van der Waals surface area contributed by atoms with Crippen LogP contribution in [0, 0.1) is 0 Å². The maximum absolute atomic E-state index is 13.4. The molecule has 1 atom stereocenters. The number of nitrogens with zero attached hydrogens (tertiary/aromatic N) is 3. The van der Waals surface area contributed by atoms with Gasteiger partial charge in [-0.1, -0.05) is 37.3 Å². The number of carbonyl (C=O) groups excluding carboxylic acids is 1. The van der Waals surface area contributed by atoms with Crippen molar-refractivity contribution in [2.75, 3.05) is 12.9 Å². The molecule has 0 aliphatic carbocycles. The summed E-state index contributed by atoms with van der Waals surface area (Å²) in [4.78, 5) is 31.8. The number of aromatic nitrogens is 2. The molecular weight excluding hydrogens is 362 g/mol. The number of benzene rings is 2. The van der Waals surface area contributed by atoms with E-state index in [1.807, 2.05) is 56.3 Å². The van der Waals surface area contributed by atoms with Gasteiger partial charge in [-0.2, -0.15) is 0 Å². The first-order valence-corrected chi connectivity index (χ1v) is 9.44. The molecule has 140 valence electrons. The smallest absolute Gasteiger partial charge is 0.266 e. The summed E-state index contributed by atoms with van der Waals surface area (Å²) in [5.41, 5.74) is 2.30. The Morgan fingerprint density at radius 2 is 1.85 bits per heavy atom. The fourth-order valence-corrected chi connectivity index (χ4v) is 3.36. The highest BCUT2D eigenvalue weighted by atomic mass is 35.5. The normalized spacial score (nSPS) is 12.1. The second-order valence-electron chi connectivity index (χ2n) is 6.42. The summed E-state index contributed by atoms with van der Waals surface area (Å²) in [5, 5.41) is 0.547. The lowest BCUT2D eigenvalue weighted by molar-refractivity contribution is -0.129. The van der Waals surface area contributed by atoms with E-state index in [-0.39, 0.29) is 17.3 Å². The molecule has 0 aliphatic rings. The van der Waals surface area contributed by atoms with Crippen LogP contribution in [-0.2, 0) is 11.2 Å². The number of para-hydroxylation sites is 2. The van der Waals surface area contributed by atoms with Gasteiger partial charge in [-0.05, 0) is 37.1 Å². The van der Waals surface area contributed by atoms with Crippen molar-refractivity contribution >= 4 is 28.4 Å². The number of hydrogen-bond acceptors (Lipinski definition) is 3. The zero-order chi connectivity index (χ0) is 19.6. The Morgan fingerprint density at radius 1 is 1.19 bits per heavy atom. The van der Waals surface area contributed by atoms with Gasteiger partial charge in [0.2, 0.25) is 5.91 Å². The van der Waals surface area contributed by atoms with Crippen LogP contribution in [-0.4, -0.2) is 33.3 Å². The molecule has 0 spiro atoms. The number of fused-ring (bicyclic) bond motifs is 1. The van der Waals surface area contributed by atoms with E-state index >= 15 is 0 Å². The van der Waals surface area contributed by atoms with Crippen LogP contribution in [0.5, 0.6) is 0 Å². The molecule has 1 heterocycles. The summed E-state index contributed by atoms with van der Waals surface area (Å²) < 4.78 is 1.63. The summed E-state index contributed by atoms with van der Waals surface area (Å²) in [6.45, 7) is 3.90. The van der Waals surface area contributed by atoms with Crippen molar-refractivity contribution < 1.29 is 4.79 Å². The third-order valence-electron chi connectivity index (χ3n) is 4.88. The Hall–Kier alpha value is -2.66. The van der Waals surface area contributed by atoms with Crippen molar-refractivity contribution in [2.24, 2.45) is 0 Å². The van der Waals surface area contributed by atoms with E-state index in [1.54, 1.807) is 17.7 Å². The fourth-order valence-electron chi connectivity index (χ4n) is 3.17. The summed E-state index contributed by atoms with van der Waals surface area (Å²) in [7, 11) is 1.67. The first kappa shape index (κ1) is 19.1. The van der Waals surface area contributed by atoms with E-state index in [2.05, 4.69) is 0 Å². The largest absolute Gasteiger partial charge is 0.335 e. The zero-order valence-corrected chi connectivity index (χ0v) is 16.4. The number of rotatable bonds is 5. The van der Waals surface area contributed by atoms with Crippen molar-refractivity contribution in [3.63, 3.8) is 0 Å². The second kappa shape index (κ2) is 7.92. The maximum Gasteiger partial charge on any atom is 0.266 e. The first-order chi connectivity index (χ1) is 13.0. The molecule has 0 radical (unpaired) electrons. The predicted molar refractivity (Wildman–Crippen MR) is 109 cm³/mol. The van der Waals surface area contributed by atoms with Crippen LogP contribution in [0.15, 0.2) is 53.3 Å². The summed E-state index contributed by atoms with van der Waals surface area (Å²) in [6, 6.07) is 14.6. The quantitative estimate of drug-likeness (QED) is 0.631. The molecule has 27 heavy (non-hydrogen) atoms. The lowest BCUT2D eigenvalue weighted by Crippen LogP contribution is -2.35. The number of aryl methyl sites for hydroxylation is 1. The molecule has 3 aromatic rings. The van der Waals surface area contributed by atoms with Gasteiger partial charge in [0.05, 0.1) is 22.6 Å². The lowest BCUT2D eigenvalue weighted by atomic mass is 10.1. The van der Waals surface area contributed by atoms with Gasteiger partial charge >= 0.3 is 0 Å². The number of amides is 1. The molecule has 1 unspecified atom stereocenters. The Balaban J connectivity index is 2.35. The van der Waals surface area contributed by atoms with Crippen LogP contribution in [0.25, 0.3) is 16.6 Å². The first-order valence-electron chi connectivity index (χ1n) is 8.91. The molecule has 0 aliphatic heterocycles. The van der Waals surface area contributed by atoms with Gasteiger partial charge in [-0.3, -0.25) is 14.2 Å². The average molecular weight is 384 g/mol. The maximum atomic E-state index is 13.4. The highest BCUT2D eigenvalue weighted by Crippen LogP contribution is 2.24. The van der Waals surface area contributed by atoms with Crippen molar-refractivity contribution in [1.29, 1.82) is 0 Å². The van der Waals surface area contributed by atoms with Crippen molar-refractivity contribution in [3.8, 4) is 5.69 Å². The van der Waals surface area contributed by atoms with Crippen LogP contribution < -0.4 is 5.56 Å². The minimum Gasteiger partial charge on any atom is -0.335 e. The van der Waals surface area contributed by atoms with Crippen molar-refractivity contribution in [3.05, 3.63) is 70.3 Å². The zero-order valence-electron chi connectivity index (χ0n) is 15.6. The predicted octanol–water partition coefficient (Wildman–Crippen LogP) is 3.71. The van der Waals surface area contributed by atoms with Gasteiger partial charge in [-0.15, -0.1) is 11.6 Å². The summed E-state index contributed by atoms with van der Waals surface area (Å²) >= 11 is 5.73. The van der Waals surface area contributed by atoms with Crippen LogP contribution >= 0.6 is 11.6 Å². The third-order valence-corrected chi connectivity index (χ3v) is 5.11. The standard InChI is InChI=1S/C21H22ClN3O2/c1-4-15-9-5-8-12-18(15)25-20(14(2)24(3)19(26)13-22)23-17-11-7-6-10-16(17)21(25)27/h5-12,14H,4,13H2,1-3H3. The minimum atomic E-state index is -0.418. The van der Waals surface area contributed by atoms with E-state index in [4.69, 9.17) is 16.6 Å². The van der Waals surface area contributed by atoms with E-state index in [0.29, 0.717) is 16.7 Å². The number of alkyl halides is 1. The lowest BCUT2D eigenvalue weighted by Gasteiger charge is -2.27. The minimum absolute atomic E-state index is 0.121. The molecule has 3 rings (SSSR count). The highest BCUT2D eigenvalue weighted by molar-refractivity contribution is 6.27. The molecule has 1 amide bonds. The average Bonchev–Trinajstić information content (AvgIpc) is 2.72. The van der Waals surface area contributed by atoms with Crippen LogP contribution in [0.1, 0.15) is 31.3 Å². The molecule has 2 aromatic carbocycles. The summed E-state index contributed by atoms with van der Waals surface area (Å²) in [5.74, 6) is 0.173. The second-order valence-corrected chi connectivity index (χ2v) is 6.69. The van der Waals surface area contributed by atoms with Gasteiger partial charge in [-0.25, -0.2) is 4.98 Å². The Bertz CT molecular complexity index is 1050. The van der Waals surface area contributed by atoms with Crippen LogP contribution in [0.2, 0.25) is 0 Å². The Labute approximate surface area is 163 Å². The summed E-state index contributed by atoms with van der Waals surface area (Å²) in [6.07, 6.45) is 0.777. The van der Waals surface area contributed by atoms with Gasteiger partial charge in [0.25, 0.3) is 5.56 Å².